The number of nitrogens with one attached hydrogen (secondary N) is 3. The van der Waals surface area contributed by atoms with Gasteiger partial charge in [0.15, 0.2) is 5.69 Å². The van der Waals surface area contributed by atoms with Crippen LogP contribution in [0.3, 0.4) is 0 Å². The highest BCUT2D eigenvalue weighted by molar-refractivity contribution is 7.91. The first kappa shape index (κ1) is 42.5. The third kappa shape index (κ3) is 8.83. The van der Waals surface area contributed by atoms with Gasteiger partial charge in [-0.2, -0.15) is 8.78 Å². The molecule has 1 aromatic carbocycles. The normalized spacial score (nSPS) is 31.5. The molecular weight excluding hydrogens is 805 g/mol. The number of carbonyl (C=O) groups is 4. The summed E-state index contributed by atoms with van der Waals surface area (Å²) >= 11 is 0. The van der Waals surface area contributed by atoms with E-state index >= 15 is 8.78 Å². The fraction of sp³-hybridized carbons (Fsp3) is 0.641. The molecule has 3 N–H and O–H groups in total. The van der Waals surface area contributed by atoms with E-state index in [1.165, 1.54) is 12.1 Å². The zero-order valence-corrected chi connectivity index (χ0v) is 34.0. The largest absolute Gasteiger partial charge is 0.471 e. The zero-order valence-electron chi connectivity index (χ0n) is 33.2. The summed E-state index contributed by atoms with van der Waals surface area (Å²) in [7, 11) is -4.21. The van der Waals surface area contributed by atoms with E-state index in [0.29, 0.717) is 18.9 Å². The van der Waals surface area contributed by atoms with E-state index in [9.17, 15) is 36.4 Å². The highest BCUT2D eigenvalue weighted by atomic mass is 32.2. The average Bonchev–Trinajstić information content (AvgIpc) is 4.05. The minimum Gasteiger partial charge on any atom is -0.471 e. The topological polar surface area (TPSA) is 195 Å². The first-order valence-corrected chi connectivity index (χ1v) is 21.1. The number of ether oxygens (including phenoxy) is 3. The van der Waals surface area contributed by atoms with Crippen molar-refractivity contribution >= 4 is 44.9 Å². The number of alkyl halides is 4. The van der Waals surface area contributed by atoms with Gasteiger partial charge in [-0.15, -0.1) is 0 Å². The van der Waals surface area contributed by atoms with Gasteiger partial charge < -0.3 is 29.7 Å². The number of sulfonamides is 1. The Balaban J connectivity index is 1.27. The summed E-state index contributed by atoms with van der Waals surface area (Å²) < 4.78 is 106. The Morgan fingerprint density at radius 1 is 1.00 bits per heavy atom. The van der Waals surface area contributed by atoms with E-state index in [4.69, 9.17) is 14.2 Å². The zero-order chi connectivity index (χ0) is 42.9. The van der Waals surface area contributed by atoms with E-state index < -0.39 is 130 Å². The second-order valence-electron chi connectivity index (χ2n) is 18.0. The van der Waals surface area contributed by atoms with Crippen LogP contribution in [0.1, 0.15) is 78.8 Å². The summed E-state index contributed by atoms with van der Waals surface area (Å²) in [6.45, 7) is 8.09. The van der Waals surface area contributed by atoms with Gasteiger partial charge >= 0.3 is 12.0 Å². The summed E-state index contributed by atoms with van der Waals surface area (Å²) in [5.74, 6) is -9.44. The van der Waals surface area contributed by atoms with Crippen molar-refractivity contribution in [2.75, 3.05) is 13.2 Å². The summed E-state index contributed by atoms with van der Waals surface area (Å²) in [6.07, 6.45) is -4.84. The molecule has 2 aromatic rings. The molecule has 1 aromatic heterocycles. The van der Waals surface area contributed by atoms with Crippen molar-refractivity contribution in [2.24, 2.45) is 16.7 Å². The number of halogens is 4. The second-order valence-corrected chi connectivity index (χ2v) is 19.9. The number of benzene rings is 1. The molecule has 3 saturated carbocycles. The molecule has 59 heavy (non-hydrogen) atoms. The summed E-state index contributed by atoms with van der Waals surface area (Å²) in [4.78, 5) is 65.5. The second kappa shape index (κ2) is 15.1. The molecule has 20 heteroatoms. The van der Waals surface area contributed by atoms with Crippen LogP contribution < -0.4 is 20.1 Å². The van der Waals surface area contributed by atoms with Crippen molar-refractivity contribution in [3.8, 4) is 5.88 Å². The molecule has 7 atom stereocenters. The van der Waals surface area contributed by atoms with Gasteiger partial charge in [0, 0.05) is 6.42 Å². The highest BCUT2D eigenvalue weighted by Gasteiger charge is 2.67. The van der Waals surface area contributed by atoms with E-state index in [2.05, 4.69) is 20.6 Å². The minimum atomic E-state index is -4.21. The Bertz CT molecular complexity index is 2160. The van der Waals surface area contributed by atoms with Crippen LogP contribution >= 0.6 is 0 Å². The van der Waals surface area contributed by atoms with Crippen molar-refractivity contribution in [1.82, 2.24) is 30.2 Å². The molecule has 3 heterocycles. The van der Waals surface area contributed by atoms with E-state index in [1.807, 2.05) is 18.6 Å². The van der Waals surface area contributed by atoms with E-state index in [0.717, 1.165) is 11.0 Å². The van der Waals surface area contributed by atoms with Crippen molar-refractivity contribution in [2.45, 2.75) is 127 Å². The number of nitrogens with zero attached hydrogens (tertiary/aromatic N) is 3. The number of aromatic nitrogens is 2. The van der Waals surface area contributed by atoms with Crippen LogP contribution in [0.25, 0.3) is 11.0 Å². The fourth-order valence-electron chi connectivity index (χ4n) is 8.13. The molecule has 0 spiro atoms. The highest BCUT2D eigenvalue weighted by Crippen LogP contribution is 2.49. The van der Waals surface area contributed by atoms with Gasteiger partial charge in [0.1, 0.15) is 29.8 Å². The van der Waals surface area contributed by atoms with Crippen molar-refractivity contribution in [1.29, 1.82) is 0 Å². The summed E-state index contributed by atoms with van der Waals surface area (Å²) in [5.41, 5.74) is -4.28. The lowest BCUT2D eigenvalue weighted by Crippen LogP contribution is -2.60. The number of allylic oxidation sites excluding steroid dienone is 1. The Morgan fingerprint density at radius 3 is 2.29 bits per heavy atom. The van der Waals surface area contributed by atoms with Crippen LogP contribution in [0, 0.1) is 16.7 Å². The van der Waals surface area contributed by atoms with Gasteiger partial charge in [-0.3, -0.25) is 19.1 Å². The first-order chi connectivity index (χ1) is 27.5. The molecule has 5 aliphatic rings. The van der Waals surface area contributed by atoms with E-state index in [1.54, 1.807) is 32.9 Å². The number of para-hydroxylation sites is 2. The standard InChI is InChI=1S/C39H48F4N6O9S/c1-36(2,3)29-33(51)49-19-20(15-25(49)31(50)47-38(16-22(38)30(40)41)34(52)48-59(54,55)21-11-12-21)57-32-28(44-23-9-6-7-10-24(23)45-32)39(42,43)13-8-14-56-26-17-37(4,5)18-27(26)58-35(53)46-29/h6-10,13,20-22,25-27,29-30H,11-12,14-19H2,1-5H3,(H,46,53)(H,47,50)(H,48,52)/b13-8+/t20-,22+,25+,26-,27-,29-,38-/m1/s1. The molecule has 7 rings (SSSR count). The van der Waals surface area contributed by atoms with Crippen LogP contribution in [0.5, 0.6) is 5.88 Å². The Hall–Kier alpha value is -4.59. The van der Waals surface area contributed by atoms with Gasteiger partial charge in [0.2, 0.25) is 34.1 Å². The molecule has 2 bridgehead atoms. The monoisotopic (exact) mass is 852 g/mol. The predicted octanol–water partition coefficient (Wildman–Crippen LogP) is 4.10. The SMILES string of the molecule is CC1(C)C[C@H]2OC/C=C/C(F)(F)c3nc4ccccc4nc3O[C@@H]3C[C@@H](C(=O)N[C@]4(C(=O)NS(=O)(=O)C5CC5)C[C@H]4C(F)F)N(C3)C(=O)[C@H](C(C)(C)C)NC(=O)O[C@@H]2C1. The molecule has 0 unspecified atom stereocenters. The molecule has 15 nitrogen and oxygen atoms in total. The molecule has 0 radical (unpaired) electrons. The van der Waals surface area contributed by atoms with Crippen molar-refractivity contribution < 1.29 is 59.4 Å². The number of carbonyl (C=O) groups excluding carboxylic acids is 4. The van der Waals surface area contributed by atoms with E-state index in [-0.39, 0.29) is 35.9 Å². The van der Waals surface area contributed by atoms with Gasteiger partial charge in [-0.1, -0.05) is 52.8 Å². The number of rotatable bonds is 6. The quantitative estimate of drug-likeness (QED) is 0.280. The maximum atomic E-state index is 16.2. The van der Waals surface area contributed by atoms with Crippen LogP contribution in [-0.4, -0.2) is 108 Å². The van der Waals surface area contributed by atoms with Crippen LogP contribution in [0.2, 0.25) is 0 Å². The smallest absolute Gasteiger partial charge is 0.408 e. The Morgan fingerprint density at radius 2 is 1.66 bits per heavy atom. The minimum absolute atomic E-state index is 0.129. The Kier molecular flexibility index (Phi) is 10.9. The average molecular weight is 853 g/mol. The summed E-state index contributed by atoms with van der Waals surface area (Å²) in [5, 5.41) is 4.09. The molecule has 2 aliphatic heterocycles. The third-order valence-electron chi connectivity index (χ3n) is 11.5. The molecular formula is C39H48F4N6O9S. The molecule has 3 aliphatic carbocycles. The van der Waals surface area contributed by atoms with Crippen LogP contribution in [0.4, 0.5) is 22.4 Å². The lowest BCUT2D eigenvalue weighted by Gasteiger charge is -2.35. The Labute approximate surface area is 338 Å². The number of alkyl carbamates (subject to hydrolysis) is 1. The number of amides is 4. The maximum Gasteiger partial charge on any atom is 0.408 e. The predicted molar refractivity (Wildman–Crippen MR) is 202 cm³/mol. The van der Waals surface area contributed by atoms with Crippen LogP contribution in [0.15, 0.2) is 36.4 Å². The first-order valence-electron chi connectivity index (χ1n) is 19.5. The number of hydrogen-bond donors (Lipinski definition) is 3. The van der Waals surface area contributed by atoms with Gasteiger partial charge in [-0.25, -0.2) is 32.0 Å². The van der Waals surface area contributed by atoms with Crippen molar-refractivity contribution in [3.63, 3.8) is 0 Å². The molecule has 322 valence electrons. The lowest BCUT2D eigenvalue weighted by atomic mass is 9.85. The summed E-state index contributed by atoms with van der Waals surface area (Å²) in [6, 6.07) is 3.26. The van der Waals surface area contributed by atoms with Gasteiger partial charge in [-0.05, 0) is 61.1 Å². The third-order valence-corrected chi connectivity index (χ3v) is 13.4. The lowest BCUT2D eigenvalue weighted by molar-refractivity contribution is -0.143. The molecule has 1 saturated heterocycles. The van der Waals surface area contributed by atoms with Gasteiger partial charge in [0.05, 0.1) is 41.5 Å². The fourth-order valence-corrected chi connectivity index (χ4v) is 9.50. The number of hydrogen-bond acceptors (Lipinski definition) is 11. The van der Waals surface area contributed by atoms with Gasteiger partial charge in [0.25, 0.3) is 5.91 Å². The maximum absolute atomic E-state index is 16.2. The molecule has 4 amide bonds. The van der Waals surface area contributed by atoms with Crippen LogP contribution in [-0.2, 0) is 39.8 Å². The molecule has 4 fully saturated rings. The van der Waals surface area contributed by atoms with Crippen molar-refractivity contribution in [3.05, 3.63) is 42.1 Å². The number of fused-ring (bicyclic) bond motifs is 5.